The Kier molecular flexibility index (Phi) is 36.9. The molecule has 0 bridgehead atoms. The molecule has 0 saturated carbocycles. The van der Waals surface area contributed by atoms with E-state index in [-0.39, 0.29) is 25.8 Å². The second kappa shape index (κ2) is 30.5. The Bertz CT molecular complexity index is 411. The van der Waals surface area contributed by atoms with Crippen LogP contribution in [0, 0.1) is 35.5 Å². The first-order valence-corrected chi connectivity index (χ1v) is 14.7. The van der Waals surface area contributed by atoms with Gasteiger partial charge in [0.25, 0.3) is 0 Å². The van der Waals surface area contributed by atoms with E-state index >= 15 is 0 Å². The molecule has 0 radical (unpaired) electrons. The zero-order chi connectivity index (χ0) is 26.9. The molecule has 6 heteroatoms. The van der Waals surface area contributed by atoms with Crippen LogP contribution in [0.4, 0.5) is 4.11 Å². The van der Waals surface area contributed by atoms with Gasteiger partial charge in [-0.25, -0.2) is 12.1 Å². The second-order valence-electron chi connectivity index (χ2n) is 11.6. The van der Waals surface area contributed by atoms with E-state index in [1.807, 2.05) is 24.3 Å². The second-order valence-corrected chi connectivity index (χ2v) is 12.6. The molecule has 0 atom stereocenters. The SMILES string of the molecule is CC(C)C[N-]CC(C)C.CC(C)C[N-]CC(C)C.CC(C)C[N-]CC(C)C.F[SiH2][c-]1cccc1.[Hf+4]. The van der Waals surface area contributed by atoms with Crippen molar-refractivity contribution >= 4 is 15.0 Å². The molecule has 0 heterocycles. The van der Waals surface area contributed by atoms with Gasteiger partial charge >= 0.3 is 25.8 Å². The van der Waals surface area contributed by atoms with Crippen molar-refractivity contribution in [1.82, 2.24) is 0 Å². The van der Waals surface area contributed by atoms with Gasteiger partial charge in [-0.1, -0.05) is 119 Å². The number of nitrogens with zero attached hydrogens (tertiary/aromatic N) is 3. The smallest absolute Gasteiger partial charge is 0.662 e. The molecular weight excluding hydrogens is 616 g/mol. The van der Waals surface area contributed by atoms with Crippen molar-refractivity contribution in [2.45, 2.75) is 83.1 Å². The molecule has 0 aliphatic carbocycles. The summed E-state index contributed by atoms with van der Waals surface area (Å²) in [5, 5.41) is 14.0. The van der Waals surface area contributed by atoms with Crippen molar-refractivity contribution in [3.05, 3.63) is 40.2 Å². The average molecular weight is 676 g/mol. The van der Waals surface area contributed by atoms with Crippen LogP contribution in [-0.2, 0) is 25.8 Å². The maximum absolute atomic E-state index is 11.7. The fourth-order valence-electron chi connectivity index (χ4n) is 2.28. The molecular formula is C29H60FHfN3Si. The van der Waals surface area contributed by atoms with E-state index in [9.17, 15) is 4.11 Å². The first kappa shape index (κ1) is 42.3. The number of rotatable bonds is 13. The molecule has 1 aromatic rings. The van der Waals surface area contributed by atoms with Gasteiger partial charge in [0.05, 0.1) is 0 Å². The van der Waals surface area contributed by atoms with Crippen LogP contribution < -0.4 is 5.19 Å². The zero-order valence-electron chi connectivity index (χ0n) is 25.4. The van der Waals surface area contributed by atoms with Crippen LogP contribution in [-0.4, -0.2) is 49.1 Å². The van der Waals surface area contributed by atoms with Gasteiger partial charge in [0.15, 0.2) is 9.85 Å². The van der Waals surface area contributed by atoms with E-state index in [2.05, 4.69) is 99.0 Å². The Balaban J connectivity index is -0.000000182. The summed E-state index contributed by atoms with van der Waals surface area (Å²) in [4.78, 5) is 0. The minimum absolute atomic E-state index is 0. The Morgan fingerprint density at radius 1 is 0.514 bits per heavy atom. The summed E-state index contributed by atoms with van der Waals surface area (Å²) in [5.74, 6) is 4.35. The maximum Gasteiger partial charge on any atom is 4.00 e. The van der Waals surface area contributed by atoms with E-state index in [1.165, 1.54) is 0 Å². The fraction of sp³-hybridized carbons (Fsp3) is 0.828. The molecule has 0 aromatic heterocycles. The summed E-state index contributed by atoms with van der Waals surface area (Å²) in [6, 6.07) is 7.38. The van der Waals surface area contributed by atoms with E-state index in [0.29, 0.717) is 0 Å². The van der Waals surface area contributed by atoms with Gasteiger partial charge in [-0.2, -0.15) is 12.1 Å². The van der Waals surface area contributed by atoms with E-state index in [1.54, 1.807) is 0 Å². The molecule has 0 N–H and O–H groups in total. The minimum atomic E-state index is -1.37. The van der Waals surface area contributed by atoms with Crippen molar-refractivity contribution in [2.75, 3.05) is 39.3 Å². The monoisotopic (exact) mass is 677 g/mol. The summed E-state index contributed by atoms with van der Waals surface area (Å²) >= 11 is 0. The molecule has 1 rings (SSSR count). The first-order chi connectivity index (χ1) is 15.8. The quantitative estimate of drug-likeness (QED) is 0.115. The van der Waals surface area contributed by atoms with Gasteiger partial charge in [-0.3, -0.25) is 0 Å². The van der Waals surface area contributed by atoms with Gasteiger partial charge in [0, 0.05) is 0 Å². The van der Waals surface area contributed by atoms with Crippen molar-refractivity contribution in [2.24, 2.45) is 35.5 Å². The molecule has 0 spiro atoms. The van der Waals surface area contributed by atoms with Crippen LogP contribution in [0.25, 0.3) is 16.0 Å². The van der Waals surface area contributed by atoms with Gasteiger partial charge in [0.2, 0.25) is 0 Å². The van der Waals surface area contributed by atoms with E-state index in [0.717, 1.165) is 80.0 Å². The standard InChI is InChI=1S/3C8H18N.C5H6FSi.Hf/c3*1-7(2)5-9-6-8(3)4;6-7-5-3-1-2-4-5;/h3*7-8H,5-6H2,1-4H3;1-4H,7H2;/q4*-1;+4. The summed E-state index contributed by atoms with van der Waals surface area (Å²) < 4.78 is 11.7. The molecule has 0 aliphatic heterocycles. The number of hydrogen-bond acceptors (Lipinski definition) is 0. The minimum Gasteiger partial charge on any atom is -0.662 e. The Hall–Kier alpha value is 0.247. The van der Waals surface area contributed by atoms with Gasteiger partial charge < -0.3 is 20.1 Å². The van der Waals surface area contributed by atoms with Crippen LogP contribution in [0.2, 0.25) is 0 Å². The summed E-state index contributed by atoms with van der Waals surface area (Å²) in [6.45, 7) is 32.5. The van der Waals surface area contributed by atoms with E-state index in [4.69, 9.17) is 0 Å². The third kappa shape index (κ3) is 48.0. The first-order valence-electron chi connectivity index (χ1n) is 13.5. The third-order valence-electron chi connectivity index (χ3n) is 3.85. The van der Waals surface area contributed by atoms with E-state index < -0.39 is 9.85 Å². The van der Waals surface area contributed by atoms with Crippen molar-refractivity contribution < 1.29 is 30.0 Å². The van der Waals surface area contributed by atoms with Crippen molar-refractivity contribution in [3.63, 3.8) is 0 Å². The largest absolute Gasteiger partial charge is 4.00 e. The number of hydrogen-bond donors (Lipinski definition) is 0. The molecule has 0 saturated heterocycles. The topological polar surface area (TPSA) is 42.3 Å². The van der Waals surface area contributed by atoms with Crippen LogP contribution in [0.3, 0.4) is 0 Å². The van der Waals surface area contributed by atoms with Gasteiger partial charge in [0.1, 0.15) is 0 Å². The average Bonchev–Trinajstić information content (AvgIpc) is 3.21. The normalized spacial score (nSPS) is 10.9. The fourth-order valence-corrected chi connectivity index (χ4v) is 2.73. The predicted molar refractivity (Wildman–Crippen MR) is 160 cm³/mol. The molecule has 1 aromatic carbocycles. The third-order valence-corrected chi connectivity index (χ3v) is 4.63. The van der Waals surface area contributed by atoms with Gasteiger partial charge in [-0.15, -0.1) is 44.5 Å². The van der Waals surface area contributed by atoms with Crippen molar-refractivity contribution in [3.8, 4) is 0 Å². The Morgan fingerprint density at radius 2 is 0.714 bits per heavy atom. The molecule has 0 fully saturated rings. The molecule has 206 valence electrons. The summed E-state index contributed by atoms with van der Waals surface area (Å²) in [7, 11) is -1.37. The van der Waals surface area contributed by atoms with Crippen LogP contribution in [0.1, 0.15) is 83.1 Å². The molecule has 3 nitrogen and oxygen atoms in total. The zero-order valence-corrected chi connectivity index (χ0v) is 30.4. The predicted octanol–water partition coefficient (Wildman–Crippen LogP) is 8.10. The molecule has 0 amide bonds. The number of halogens is 1. The Morgan fingerprint density at radius 3 is 0.829 bits per heavy atom. The molecule has 35 heavy (non-hydrogen) atoms. The summed E-state index contributed by atoms with van der Waals surface area (Å²) in [6.07, 6.45) is 0. The molecule has 0 unspecified atom stereocenters. The Labute approximate surface area is 242 Å². The van der Waals surface area contributed by atoms with Crippen LogP contribution in [0.5, 0.6) is 0 Å². The van der Waals surface area contributed by atoms with Crippen LogP contribution >= 0.6 is 0 Å². The van der Waals surface area contributed by atoms with Gasteiger partial charge in [-0.05, 0) is 0 Å². The van der Waals surface area contributed by atoms with Crippen LogP contribution in [0.15, 0.2) is 24.3 Å². The summed E-state index contributed by atoms with van der Waals surface area (Å²) in [5.41, 5.74) is 0. The van der Waals surface area contributed by atoms with Crippen molar-refractivity contribution in [1.29, 1.82) is 0 Å². The molecule has 0 aliphatic rings. The maximum atomic E-state index is 11.7.